The number of carbonyl (C=O) groups is 3. The van der Waals surface area contributed by atoms with Crippen LogP contribution >= 0.6 is 0 Å². The molecule has 0 fully saturated rings. The first-order valence-electron chi connectivity index (χ1n) is 15.2. The molecule has 1 atom stereocenters. The summed E-state index contributed by atoms with van der Waals surface area (Å²) < 4.78 is 17.0. The molecule has 2 aromatic rings. The van der Waals surface area contributed by atoms with Crippen LogP contribution in [0.15, 0.2) is 29.1 Å². The van der Waals surface area contributed by atoms with Gasteiger partial charge in [0, 0.05) is 38.4 Å². The minimum atomic E-state index is -0.796. The lowest BCUT2D eigenvalue weighted by Crippen LogP contribution is -2.26. The van der Waals surface area contributed by atoms with E-state index in [-0.39, 0.29) is 29.7 Å². The van der Waals surface area contributed by atoms with Crippen molar-refractivity contribution in [3.8, 4) is 28.4 Å². The Hall–Kier alpha value is -4.28. The van der Waals surface area contributed by atoms with Crippen molar-refractivity contribution in [1.82, 2.24) is 10.6 Å². The molecular formula is C33H45N3O8. The van der Waals surface area contributed by atoms with E-state index in [0.29, 0.717) is 67.3 Å². The van der Waals surface area contributed by atoms with Gasteiger partial charge in [-0.3, -0.25) is 19.2 Å². The third-order valence-corrected chi connectivity index (χ3v) is 7.70. The van der Waals surface area contributed by atoms with Crippen LogP contribution in [0.3, 0.4) is 0 Å². The number of nitrogens with one attached hydrogen (secondary N) is 3. The molecule has 11 heteroatoms. The van der Waals surface area contributed by atoms with Crippen molar-refractivity contribution in [2.45, 2.75) is 77.2 Å². The molecular weight excluding hydrogens is 566 g/mol. The zero-order chi connectivity index (χ0) is 32.1. The van der Waals surface area contributed by atoms with Crippen molar-refractivity contribution in [2.75, 3.05) is 39.7 Å². The molecule has 4 N–H and O–H groups in total. The van der Waals surface area contributed by atoms with E-state index in [1.54, 1.807) is 33.5 Å². The van der Waals surface area contributed by atoms with Crippen molar-refractivity contribution in [2.24, 2.45) is 0 Å². The van der Waals surface area contributed by atoms with Crippen LogP contribution in [0.25, 0.3) is 11.1 Å². The largest absolute Gasteiger partial charge is 0.493 e. The number of carboxylic acids is 1. The fourth-order valence-corrected chi connectivity index (χ4v) is 5.56. The van der Waals surface area contributed by atoms with Gasteiger partial charge in [0.25, 0.3) is 0 Å². The summed E-state index contributed by atoms with van der Waals surface area (Å²) in [6, 6.07) is 6.79. The van der Waals surface area contributed by atoms with E-state index in [1.165, 1.54) is 6.92 Å². The maximum Gasteiger partial charge on any atom is 0.303 e. The highest BCUT2D eigenvalue weighted by Gasteiger charge is 2.29. The number of amides is 2. The maximum atomic E-state index is 13.4. The van der Waals surface area contributed by atoms with Gasteiger partial charge in [0.2, 0.25) is 23.0 Å². The summed E-state index contributed by atoms with van der Waals surface area (Å²) >= 11 is 0. The molecule has 0 heterocycles. The fraction of sp³-hybridized carbons (Fsp3) is 0.515. The van der Waals surface area contributed by atoms with E-state index >= 15 is 0 Å². The number of fused-ring (bicyclic) bond motifs is 3. The van der Waals surface area contributed by atoms with Gasteiger partial charge in [-0.05, 0) is 73.4 Å². The van der Waals surface area contributed by atoms with Crippen LogP contribution in [0.4, 0.5) is 5.69 Å². The van der Waals surface area contributed by atoms with E-state index in [9.17, 15) is 19.2 Å². The molecule has 3 rings (SSSR count). The van der Waals surface area contributed by atoms with Gasteiger partial charge in [0.1, 0.15) is 0 Å². The molecule has 0 radical (unpaired) electrons. The number of unbranched alkanes of at least 4 members (excludes halogenated alkanes) is 4. The normalized spacial score (nSPS) is 13.5. The van der Waals surface area contributed by atoms with Crippen LogP contribution < -0.4 is 35.6 Å². The molecule has 1 aliphatic rings. The van der Waals surface area contributed by atoms with Crippen LogP contribution in [-0.2, 0) is 20.8 Å². The quantitative estimate of drug-likeness (QED) is 0.188. The molecule has 0 aliphatic heterocycles. The lowest BCUT2D eigenvalue weighted by molar-refractivity contribution is -0.137. The molecule has 2 amide bonds. The second kappa shape index (κ2) is 17.1. The molecule has 0 saturated heterocycles. The number of rotatable bonds is 17. The molecule has 2 aromatic carbocycles. The summed E-state index contributed by atoms with van der Waals surface area (Å²) in [6.45, 7) is 2.59. The Labute approximate surface area is 258 Å². The van der Waals surface area contributed by atoms with Gasteiger partial charge in [-0.15, -0.1) is 0 Å². The van der Waals surface area contributed by atoms with Crippen LogP contribution in [0.5, 0.6) is 17.2 Å². The zero-order valence-electron chi connectivity index (χ0n) is 26.2. The SMILES string of the molecule is COc1cc2c(c(OC)c1OC)-c1ccc(NCCCCCC(=O)NCCCCCC(=O)O)c(=O)cc1[C@H](NC(C)=O)CC2. The third kappa shape index (κ3) is 9.36. The number of ether oxygens (including phenoxy) is 3. The van der Waals surface area contributed by atoms with E-state index < -0.39 is 5.97 Å². The monoisotopic (exact) mass is 611 g/mol. The first-order valence-corrected chi connectivity index (χ1v) is 15.2. The Morgan fingerprint density at radius 2 is 1.59 bits per heavy atom. The lowest BCUT2D eigenvalue weighted by atomic mass is 9.95. The van der Waals surface area contributed by atoms with Crippen LogP contribution in [0, 0.1) is 0 Å². The number of benzene rings is 1. The Morgan fingerprint density at radius 3 is 2.25 bits per heavy atom. The number of aliphatic carboxylic acids is 1. The number of hydrogen-bond acceptors (Lipinski definition) is 8. The molecule has 0 unspecified atom stereocenters. The third-order valence-electron chi connectivity index (χ3n) is 7.70. The van der Waals surface area contributed by atoms with Gasteiger partial charge >= 0.3 is 5.97 Å². The Balaban J connectivity index is 1.69. The van der Waals surface area contributed by atoms with Crippen molar-refractivity contribution in [3.63, 3.8) is 0 Å². The van der Waals surface area contributed by atoms with Gasteiger partial charge in [-0.25, -0.2) is 0 Å². The number of anilines is 1. The predicted molar refractivity (Wildman–Crippen MR) is 169 cm³/mol. The highest BCUT2D eigenvalue weighted by Crippen LogP contribution is 2.50. The van der Waals surface area contributed by atoms with E-state index in [4.69, 9.17) is 19.3 Å². The van der Waals surface area contributed by atoms with E-state index in [2.05, 4.69) is 16.0 Å². The topological polar surface area (TPSA) is 152 Å². The molecule has 0 saturated carbocycles. The smallest absolute Gasteiger partial charge is 0.303 e. The first kappa shape index (κ1) is 34.2. The molecule has 44 heavy (non-hydrogen) atoms. The van der Waals surface area contributed by atoms with Crippen LogP contribution in [-0.4, -0.2) is 57.3 Å². The number of hydrogen-bond donors (Lipinski definition) is 4. The van der Waals surface area contributed by atoms with E-state index in [1.807, 2.05) is 12.1 Å². The van der Waals surface area contributed by atoms with Gasteiger partial charge in [-0.1, -0.05) is 18.9 Å². The molecule has 11 nitrogen and oxygen atoms in total. The number of methoxy groups -OCH3 is 3. The number of carboxylic acid groups (broad SMARTS) is 1. The summed E-state index contributed by atoms with van der Waals surface area (Å²) in [5.74, 6) is 0.510. The minimum absolute atomic E-state index is 0.00620. The zero-order valence-corrected chi connectivity index (χ0v) is 26.2. The second-order valence-corrected chi connectivity index (χ2v) is 10.9. The first-order chi connectivity index (χ1) is 21.2. The lowest BCUT2D eigenvalue weighted by Gasteiger charge is -2.19. The van der Waals surface area contributed by atoms with Crippen molar-refractivity contribution < 1.29 is 33.7 Å². The average Bonchev–Trinajstić information content (AvgIpc) is 3.23. The van der Waals surface area contributed by atoms with Crippen molar-refractivity contribution in [1.29, 1.82) is 0 Å². The van der Waals surface area contributed by atoms with Gasteiger partial charge in [-0.2, -0.15) is 0 Å². The Morgan fingerprint density at radius 1 is 0.886 bits per heavy atom. The Bertz CT molecular complexity index is 1380. The molecule has 0 spiro atoms. The maximum absolute atomic E-state index is 13.4. The highest BCUT2D eigenvalue weighted by molar-refractivity contribution is 5.83. The highest BCUT2D eigenvalue weighted by atomic mass is 16.5. The van der Waals surface area contributed by atoms with Crippen molar-refractivity contribution >= 4 is 23.5 Å². The van der Waals surface area contributed by atoms with Crippen LogP contribution in [0.2, 0.25) is 0 Å². The van der Waals surface area contributed by atoms with Crippen molar-refractivity contribution in [3.05, 3.63) is 45.6 Å². The molecule has 1 aliphatic carbocycles. The molecule has 0 aromatic heterocycles. The fourth-order valence-electron chi connectivity index (χ4n) is 5.56. The predicted octanol–water partition coefficient (Wildman–Crippen LogP) is 4.60. The second-order valence-electron chi connectivity index (χ2n) is 10.9. The molecule has 0 bridgehead atoms. The van der Waals surface area contributed by atoms with Gasteiger partial charge in [0.15, 0.2) is 11.5 Å². The minimum Gasteiger partial charge on any atom is -0.493 e. The summed E-state index contributed by atoms with van der Waals surface area (Å²) in [7, 11) is 4.69. The average molecular weight is 612 g/mol. The van der Waals surface area contributed by atoms with Gasteiger partial charge < -0.3 is 35.3 Å². The summed E-state index contributed by atoms with van der Waals surface area (Å²) in [5, 5.41) is 17.8. The Kier molecular flexibility index (Phi) is 13.3. The number of carbonyl (C=O) groups excluding carboxylic acids is 2. The summed E-state index contributed by atoms with van der Waals surface area (Å²) in [6.07, 6.45) is 6.28. The number of aryl methyl sites for hydroxylation is 1. The summed E-state index contributed by atoms with van der Waals surface area (Å²) in [4.78, 5) is 48.1. The molecule has 240 valence electrons. The van der Waals surface area contributed by atoms with E-state index in [0.717, 1.165) is 48.8 Å². The van der Waals surface area contributed by atoms with Gasteiger partial charge in [0.05, 0.1) is 33.1 Å². The summed E-state index contributed by atoms with van der Waals surface area (Å²) in [5.41, 5.74) is 3.49. The van der Waals surface area contributed by atoms with Crippen LogP contribution in [0.1, 0.15) is 81.9 Å². The standard InChI is InChI=1S/C33H45N3O8/c1-21(37)36-25-15-13-22-19-28(42-2)32(43-3)33(44-4)31(22)23-14-16-26(27(38)20-24(23)25)34-17-9-5-7-11-29(39)35-18-10-6-8-12-30(40)41/h14,16,19-20,25H,5-13,15,17-18H2,1-4H3,(H,34,38)(H,35,39)(H,36,37)(H,40,41)/t25-/m1/s1.